The van der Waals surface area contributed by atoms with Crippen LogP contribution >= 0.6 is 0 Å². The van der Waals surface area contributed by atoms with Gasteiger partial charge in [0.25, 0.3) is 0 Å². The number of fused-ring (bicyclic) bond motifs is 1. The van der Waals surface area contributed by atoms with E-state index in [-0.39, 0.29) is 5.91 Å². The minimum absolute atomic E-state index is 0.0324. The summed E-state index contributed by atoms with van der Waals surface area (Å²) in [4.78, 5) is 16.0. The van der Waals surface area contributed by atoms with Crippen LogP contribution in [-0.2, 0) is 9.53 Å². The van der Waals surface area contributed by atoms with Crippen LogP contribution in [0.2, 0.25) is 0 Å². The van der Waals surface area contributed by atoms with Gasteiger partial charge in [0.2, 0.25) is 5.91 Å². The first kappa shape index (κ1) is 21.4. The van der Waals surface area contributed by atoms with Gasteiger partial charge in [-0.1, -0.05) is 18.6 Å². The minimum Gasteiger partial charge on any atom is -0.490 e. The van der Waals surface area contributed by atoms with E-state index in [0.29, 0.717) is 19.6 Å². The Hall–Kier alpha value is -2.65. The van der Waals surface area contributed by atoms with Crippen LogP contribution in [0.5, 0.6) is 5.75 Å². The maximum Gasteiger partial charge on any atom is 0.229 e. The third-order valence-electron chi connectivity index (χ3n) is 3.79. The fourth-order valence-electron chi connectivity index (χ4n) is 2.46. The highest BCUT2D eigenvalue weighted by molar-refractivity contribution is 5.93. The number of anilines is 2. The number of benzene rings is 1. The monoisotopic (exact) mass is 359 g/mol. The molecule has 1 N–H and O–H groups in total. The van der Waals surface area contributed by atoms with Gasteiger partial charge in [0.15, 0.2) is 0 Å². The smallest absolute Gasteiger partial charge is 0.229 e. The van der Waals surface area contributed by atoms with Gasteiger partial charge in [0.1, 0.15) is 12.4 Å². The first-order chi connectivity index (χ1) is 12.4. The third kappa shape index (κ3) is 6.34. The lowest BCUT2D eigenvalue weighted by molar-refractivity contribution is -0.119. The molecule has 0 atom stereocenters. The van der Waals surface area contributed by atoms with Crippen molar-refractivity contribution in [1.29, 1.82) is 0 Å². The van der Waals surface area contributed by atoms with Crippen LogP contribution < -0.4 is 19.9 Å². The second kappa shape index (κ2) is 11.1. The van der Waals surface area contributed by atoms with Gasteiger partial charge >= 0.3 is 0 Å². The van der Waals surface area contributed by atoms with E-state index in [4.69, 9.17) is 9.47 Å². The lowest BCUT2D eigenvalue weighted by Crippen LogP contribution is -2.34. The maximum atomic E-state index is 12.1. The summed E-state index contributed by atoms with van der Waals surface area (Å²) in [5.41, 5.74) is 2.97. The van der Waals surface area contributed by atoms with E-state index < -0.39 is 0 Å². The lowest BCUT2D eigenvalue weighted by Gasteiger charge is -2.32. The van der Waals surface area contributed by atoms with Crippen molar-refractivity contribution in [2.24, 2.45) is 0 Å². The predicted octanol–water partition coefficient (Wildman–Crippen LogP) is 2.26. The standard InChI is InChI=1S/C17H24N2O3.C3H5N/c1-13(2)12-19-8-10-22-16-6-5-14(11-15(16)19)18(3)17(20)7-9-21-4;1-3-4-2/h5-6,11H,1,7-10,12H2,2-4H3;1,4H,2H3. The quantitative estimate of drug-likeness (QED) is 0.480. The van der Waals surface area contributed by atoms with Crippen LogP contribution in [0.4, 0.5) is 11.4 Å². The Morgan fingerprint density at radius 1 is 1.54 bits per heavy atom. The number of nitrogens with zero attached hydrogens (tertiary/aromatic N) is 2. The van der Waals surface area contributed by atoms with Crippen LogP contribution in [-0.4, -0.2) is 53.4 Å². The number of rotatable bonds is 6. The Morgan fingerprint density at radius 2 is 2.23 bits per heavy atom. The van der Waals surface area contributed by atoms with Gasteiger partial charge in [-0.3, -0.25) is 4.79 Å². The van der Waals surface area contributed by atoms with Crippen LogP contribution in [0, 0.1) is 12.5 Å². The number of hydrogen-bond donors (Lipinski definition) is 1. The fourth-order valence-corrected chi connectivity index (χ4v) is 2.46. The number of hydrogen-bond acceptors (Lipinski definition) is 5. The summed E-state index contributed by atoms with van der Waals surface area (Å²) in [6.45, 7) is 8.71. The first-order valence-electron chi connectivity index (χ1n) is 8.48. The molecule has 0 aliphatic carbocycles. The van der Waals surface area contributed by atoms with Crippen LogP contribution in [0.15, 0.2) is 30.4 Å². The Morgan fingerprint density at radius 3 is 2.81 bits per heavy atom. The third-order valence-corrected chi connectivity index (χ3v) is 3.79. The zero-order valence-electron chi connectivity index (χ0n) is 16.2. The van der Waals surface area contributed by atoms with Gasteiger partial charge in [-0.05, 0) is 25.1 Å². The Labute approximate surface area is 156 Å². The van der Waals surface area contributed by atoms with E-state index in [1.165, 1.54) is 0 Å². The Balaban J connectivity index is 0.000000765. The van der Waals surface area contributed by atoms with Gasteiger partial charge in [0.05, 0.1) is 25.3 Å². The van der Waals surface area contributed by atoms with Crippen molar-refractivity contribution in [3.8, 4) is 18.2 Å². The van der Waals surface area contributed by atoms with Crippen LogP contribution in [0.1, 0.15) is 13.3 Å². The number of ether oxygens (including phenoxy) is 2. The Bertz CT molecular complexity index is 652. The highest BCUT2D eigenvalue weighted by Gasteiger charge is 2.20. The highest BCUT2D eigenvalue weighted by atomic mass is 16.5. The van der Waals surface area contributed by atoms with E-state index in [0.717, 1.165) is 35.8 Å². The molecular formula is C20H29N3O3. The fraction of sp³-hybridized carbons (Fsp3) is 0.450. The molecule has 1 aromatic rings. The maximum absolute atomic E-state index is 12.1. The second-order valence-corrected chi connectivity index (χ2v) is 5.97. The molecule has 0 saturated carbocycles. The molecule has 6 heteroatoms. The number of carbonyl (C=O) groups is 1. The molecule has 0 radical (unpaired) electrons. The molecule has 1 aliphatic rings. The molecule has 1 aromatic carbocycles. The number of methoxy groups -OCH3 is 1. The molecule has 6 nitrogen and oxygen atoms in total. The van der Waals surface area contributed by atoms with E-state index in [9.17, 15) is 4.79 Å². The molecular weight excluding hydrogens is 330 g/mol. The van der Waals surface area contributed by atoms with Crippen molar-refractivity contribution in [2.45, 2.75) is 13.3 Å². The van der Waals surface area contributed by atoms with Crippen molar-refractivity contribution in [3.63, 3.8) is 0 Å². The molecule has 0 aromatic heterocycles. The summed E-state index contributed by atoms with van der Waals surface area (Å²) in [5.74, 6) is 0.888. The SMILES string of the molecule is C#CNC.C=C(C)CN1CCOc2ccc(N(C)C(=O)CCOC)cc21. The summed E-state index contributed by atoms with van der Waals surface area (Å²) in [6, 6.07) is 8.02. The van der Waals surface area contributed by atoms with Gasteiger partial charge < -0.3 is 24.6 Å². The first-order valence-corrected chi connectivity index (χ1v) is 8.48. The minimum atomic E-state index is 0.0324. The summed E-state index contributed by atoms with van der Waals surface area (Å²) < 4.78 is 10.7. The van der Waals surface area contributed by atoms with Gasteiger partial charge in [-0.15, -0.1) is 0 Å². The molecule has 1 amide bonds. The van der Waals surface area contributed by atoms with E-state index in [1.54, 1.807) is 26.1 Å². The average Bonchev–Trinajstić information content (AvgIpc) is 2.65. The molecule has 26 heavy (non-hydrogen) atoms. The summed E-state index contributed by atoms with van der Waals surface area (Å²) in [6.07, 6.45) is 5.04. The average molecular weight is 359 g/mol. The largest absolute Gasteiger partial charge is 0.490 e. The Kier molecular flexibility index (Phi) is 9.10. The number of amides is 1. The van der Waals surface area contributed by atoms with Crippen molar-refractivity contribution in [2.75, 3.05) is 57.3 Å². The lowest BCUT2D eigenvalue weighted by atomic mass is 10.1. The zero-order valence-corrected chi connectivity index (χ0v) is 16.2. The molecule has 0 bridgehead atoms. The predicted molar refractivity (Wildman–Crippen MR) is 107 cm³/mol. The number of nitrogens with one attached hydrogen (secondary N) is 1. The van der Waals surface area contributed by atoms with Gasteiger partial charge in [-0.25, -0.2) is 0 Å². The van der Waals surface area contributed by atoms with Crippen molar-refractivity contribution in [3.05, 3.63) is 30.4 Å². The number of carbonyl (C=O) groups excluding carboxylic acids is 1. The zero-order chi connectivity index (χ0) is 19.5. The molecule has 0 spiro atoms. The van der Waals surface area contributed by atoms with Crippen LogP contribution in [0.25, 0.3) is 0 Å². The van der Waals surface area contributed by atoms with Crippen LogP contribution in [0.3, 0.4) is 0 Å². The second-order valence-electron chi connectivity index (χ2n) is 5.97. The van der Waals surface area contributed by atoms with E-state index in [2.05, 4.69) is 29.3 Å². The molecule has 0 fully saturated rings. The molecule has 1 heterocycles. The number of terminal acetylenes is 1. The molecule has 0 unspecified atom stereocenters. The molecule has 0 saturated heterocycles. The van der Waals surface area contributed by atoms with Gasteiger partial charge in [-0.2, -0.15) is 0 Å². The molecule has 2 rings (SSSR count). The summed E-state index contributed by atoms with van der Waals surface area (Å²) in [5, 5.41) is 2.46. The normalized spacial score (nSPS) is 11.9. The van der Waals surface area contributed by atoms with E-state index >= 15 is 0 Å². The topological polar surface area (TPSA) is 54.0 Å². The van der Waals surface area contributed by atoms with Gasteiger partial charge in [0, 0.05) is 39.5 Å². The van der Waals surface area contributed by atoms with E-state index in [1.807, 2.05) is 25.1 Å². The van der Waals surface area contributed by atoms with Crippen molar-refractivity contribution in [1.82, 2.24) is 5.32 Å². The summed E-state index contributed by atoms with van der Waals surface area (Å²) in [7, 11) is 5.07. The molecule has 142 valence electrons. The van der Waals surface area contributed by atoms with Crippen molar-refractivity contribution < 1.29 is 14.3 Å². The molecule has 1 aliphatic heterocycles. The summed E-state index contributed by atoms with van der Waals surface area (Å²) >= 11 is 0. The van der Waals surface area contributed by atoms with Crippen molar-refractivity contribution >= 4 is 17.3 Å². The highest BCUT2D eigenvalue weighted by Crippen LogP contribution is 2.35.